The quantitative estimate of drug-likeness (QED) is 0.731. The van der Waals surface area contributed by atoms with Gasteiger partial charge in [0, 0.05) is 32.2 Å². The number of ether oxygens (including phenoxy) is 1. The number of anilines is 1. The van der Waals surface area contributed by atoms with Crippen LogP contribution in [0.4, 0.5) is 5.69 Å². The molecule has 0 unspecified atom stereocenters. The summed E-state index contributed by atoms with van der Waals surface area (Å²) in [5.41, 5.74) is 5.69. The van der Waals surface area contributed by atoms with Crippen molar-refractivity contribution in [2.75, 3.05) is 38.2 Å². The topological polar surface area (TPSA) is 15.7 Å². The lowest BCUT2D eigenvalue weighted by molar-refractivity contribution is 0.141. The van der Waals surface area contributed by atoms with Gasteiger partial charge in [0.05, 0.1) is 12.8 Å². The molecule has 0 N–H and O–H groups in total. The Bertz CT molecular complexity index is 787. The Labute approximate surface area is 170 Å². The summed E-state index contributed by atoms with van der Waals surface area (Å²) < 4.78 is 5.56. The molecule has 0 bridgehead atoms. The zero-order valence-corrected chi connectivity index (χ0v) is 17.7. The van der Waals surface area contributed by atoms with E-state index in [2.05, 4.69) is 60.0 Å². The molecule has 2 aromatic carbocycles. The Kier molecular flexibility index (Phi) is 5.91. The van der Waals surface area contributed by atoms with E-state index in [9.17, 15) is 0 Å². The van der Waals surface area contributed by atoms with Gasteiger partial charge in [0.25, 0.3) is 0 Å². The molecule has 2 aliphatic rings. The maximum Gasteiger partial charge on any atom is 0.142 e. The standard InChI is InChI=1S/C25H34N2O/c1-19-8-13-23(20(2)18-19)21-9-11-22(12-10-21)26-14-16-27(17-15-26)24-6-4-5-7-25(24)28-3/h4-8,13,18,21-22H,9-12,14-17H2,1-3H3/t21-,22-. The van der Waals surface area contributed by atoms with E-state index in [1.54, 1.807) is 12.7 Å². The second kappa shape index (κ2) is 8.57. The number of aryl methyl sites for hydroxylation is 2. The third-order valence-corrected chi connectivity index (χ3v) is 6.82. The van der Waals surface area contributed by atoms with Gasteiger partial charge in [-0.2, -0.15) is 0 Å². The number of hydrogen-bond acceptors (Lipinski definition) is 3. The van der Waals surface area contributed by atoms with E-state index in [1.165, 1.54) is 42.5 Å². The fourth-order valence-corrected chi connectivity index (χ4v) is 5.25. The van der Waals surface area contributed by atoms with E-state index in [0.717, 1.165) is 43.9 Å². The van der Waals surface area contributed by atoms with Gasteiger partial charge in [-0.15, -0.1) is 0 Å². The first-order valence-corrected chi connectivity index (χ1v) is 10.8. The van der Waals surface area contributed by atoms with Gasteiger partial charge in [0.2, 0.25) is 0 Å². The molecule has 4 rings (SSSR count). The van der Waals surface area contributed by atoms with Crippen molar-refractivity contribution in [3.63, 3.8) is 0 Å². The van der Waals surface area contributed by atoms with Crippen LogP contribution in [0.25, 0.3) is 0 Å². The van der Waals surface area contributed by atoms with E-state index in [4.69, 9.17) is 4.74 Å². The second-order valence-electron chi connectivity index (χ2n) is 8.56. The number of methoxy groups -OCH3 is 1. The lowest BCUT2D eigenvalue weighted by Gasteiger charge is -2.43. The average molecular weight is 379 g/mol. The van der Waals surface area contributed by atoms with E-state index in [-0.39, 0.29) is 0 Å². The highest BCUT2D eigenvalue weighted by molar-refractivity contribution is 5.58. The lowest BCUT2D eigenvalue weighted by atomic mass is 9.79. The molecular formula is C25H34N2O. The minimum absolute atomic E-state index is 0.756. The maximum absolute atomic E-state index is 5.56. The van der Waals surface area contributed by atoms with E-state index in [0.29, 0.717) is 0 Å². The van der Waals surface area contributed by atoms with Crippen LogP contribution in [0.2, 0.25) is 0 Å². The third-order valence-electron chi connectivity index (χ3n) is 6.82. The van der Waals surface area contributed by atoms with Crippen molar-refractivity contribution in [1.82, 2.24) is 4.90 Å². The predicted molar refractivity (Wildman–Crippen MR) is 118 cm³/mol. The van der Waals surface area contributed by atoms with Gasteiger partial charge >= 0.3 is 0 Å². The largest absolute Gasteiger partial charge is 0.495 e. The molecule has 2 aromatic rings. The Hall–Kier alpha value is -2.00. The fourth-order valence-electron chi connectivity index (χ4n) is 5.25. The number of piperazine rings is 1. The predicted octanol–water partition coefficient (Wildman–Crippen LogP) is 5.16. The summed E-state index contributed by atoms with van der Waals surface area (Å²) in [5.74, 6) is 1.75. The van der Waals surface area contributed by atoms with Gasteiger partial charge < -0.3 is 9.64 Å². The van der Waals surface area contributed by atoms with Crippen LogP contribution in [-0.4, -0.2) is 44.2 Å². The molecule has 0 atom stereocenters. The summed E-state index contributed by atoms with van der Waals surface area (Å²) in [4.78, 5) is 5.22. The summed E-state index contributed by atoms with van der Waals surface area (Å²) in [6.07, 6.45) is 5.35. The van der Waals surface area contributed by atoms with Crippen LogP contribution in [-0.2, 0) is 0 Å². The molecule has 2 fully saturated rings. The average Bonchev–Trinajstić information content (AvgIpc) is 2.74. The lowest BCUT2D eigenvalue weighted by Crippen LogP contribution is -2.51. The third kappa shape index (κ3) is 4.05. The van der Waals surface area contributed by atoms with Crippen LogP contribution >= 0.6 is 0 Å². The first-order valence-electron chi connectivity index (χ1n) is 10.8. The van der Waals surface area contributed by atoms with Crippen LogP contribution in [0.1, 0.15) is 48.3 Å². The van der Waals surface area contributed by atoms with Crippen LogP contribution in [0, 0.1) is 13.8 Å². The van der Waals surface area contributed by atoms with Crippen molar-refractivity contribution >= 4 is 5.69 Å². The minimum Gasteiger partial charge on any atom is -0.495 e. The molecule has 1 aliphatic carbocycles. The number of nitrogens with zero attached hydrogens (tertiary/aromatic N) is 2. The van der Waals surface area contributed by atoms with E-state index in [1.807, 2.05) is 6.07 Å². The van der Waals surface area contributed by atoms with Crippen molar-refractivity contribution < 1.29 is 4.74 Å². The molecule has 1 saturated heterocycles. The van der Waals surface area contributed by atoms with Gasteiger partial charge in [0.1, 0.15) is 5.75 Å². The van der Waals surface area contributed by atoms with Gasteiger partial charge in [-0.1, -0.05) is 35.9 Å². The van der Waals surface area contributed by atoms with Gasteiger partial charge in [0.15, 0.2) is 0 Å². The number of hydrogen-bond donors (Lipinski definition) is 0. The summed E-state index contributed by atoms with van der Waals surface area (Å²) in [6.45, 7) is 8.99. The van der Waals surface area contributed by atoms with Crippen molar-refractivity contribution in [1.29, 1.82) is 0 Å². The summed E-state index contributed by atoms with van der Waals surface area (Å²) in [5, 5.41) is 0. The molecule has 0 aromatic heterocycles. The monoisotopic (exact) mass is 378 g/mol. The van der Waals surface area contributed by atoms with Crippen molar-refractivity contribution in [3.8, 4) is 5.75 Å². The number of para-hydroxylation sites is 2. The molecule has 3 heteroatoms. The van der Waals surface area contributed by atoms with Crippen LogP contribution < -0.4 is 9.64 Å². The van der Waals surface area contributed by atoms with Crippen LogP contribution in [0.3, 0.4) is 0 Å². The van der Waals surface area contributed by atoms with Crippen LogP contribution in [0.15, 0.2) is 42.5 Å². The zero-order chi connectivity index (χ0) is 19.5. The van der Waals surface area contributed by atoms with E-state index >= 15 is 0 Å². The molecule has 0 amide bonds. The zero-order valence-electron chi connectivity index (χ0n) is 17.7. The fraction of sp³-hybridized carbons (Fsp3) is 0.520. The summed E-state index contributed by atoms with van der Waals surface area (Å²) in [7, 11) is 1.77. The highest BCUT2D eigenvalue weighted by Crippen LogP contribution is 2.37. The van der Waals surface area contributed by atoms with Crippen LogP contribution in [0.5, 0.6) is 5.75 Å². The Morgan fingerprint density at radius 2 is 1.57 bits per heavy atom. The van der Waals surface area contributed by atoms with Gasteiger partial charge in [-0.05, 0) is 68.7 Å². The molecule has 1 aliphatic heterocycles. The highest BCUT2D eigenvalue weighted by atomic mass is 16.5. The Morgan fingerprint density at radius 3 is 2.25 bits per heavy atom. The van der Waals surface area contributed by atoms with Gasteiger partial charge in [-0.25, -0.2) is 0 Å². The first kappa shape index (κ1) is 19.3. The second-order valence-corrected chi connectivity index (χ2v) is 8.56. The normalized spacial score (nSPS) is 23.6. The Balaban J connectivity index is 1.32. The Morgan fingerprint density at radius 1 is 0.857 bits per heavy atom. The molecule has 0 spiro atoms. The molecule has 150 valence electrons. The first-order chi connectivity index (χ1) is 13.7. The number of benzene rings is 2. The summed E-state index contributed by atoms with van der Waals surface area (Å²) >= 11 is 0. The molecular weight excluding hydrogens is 344 g/mol. The molecule has 28 heavy (non-hydrogen) atoms. The van der Waals surface area contributed by atoms with E-state index < -0.39 is 0 Å². The highest BCUT2D eigenvalue weighted by Gasteiger charge is 2.29. The molecule has 3 nitrogen and oxygen atoms in total. The summed E-state index contributed by atoms with van der Waals surface area (Å²) in [6, 6.07) is 16.2. The minimum atomic E-state index is 0.756. The van der Waals surface area contributed by atoms with Crippen molar-refractivity contribution in [2.45, 2.75) is 51.5 Å². The van der Waals surface area contributed by atoms with Gasteiger partial charge in [-0.3, -0.25) is 4.90 Å². The smallest absolute Gasteiger partial charge is 0.142 e. The SMILES string of the molecule is COc1ccccc1N1CCN([C@H]2CC[C@H](c3ccc(C)cc3C)CC2)CC1. The molecule has 1 heterocycles. The molecule has 1 saturated carbocycles. The number of rotatable bonds is 4. The maximum atomic E-state index is 5.56. The molecule has 0 radical (unpaired) electrons. The van der Waals surface area contributed by atoms with Crippen molar-refractivity contribution in [3.05, 3.63) is 59.2 Å². The van der Waals surface area contributed by atoms with Crippen molar-refractivity contribution in [2.24, 2.45) is 0 Å².